The molecule has 0 aromatic carbocycles. The van der Waals surface area contributed by atoms with Gasteiger partial charge in [0.25, 0.3) is 0 Å². The van der Waals surface area contributed by atoms with Gasteiger partial charge in [0, 0.05) is 18.0 Å². The van der Waals surface area contributed by atoms with Crippen LogP contribution >= 0.6 is 0 Å². The quantitative estimate of drug-likeness (QED) is 0.348. The van der Waals surface area contributed by atoms with E-state index >= 15 is 0 Å². The highest BCUT2D eigenvalue weighted by atomic mass is 16.6. The lowest BCUT2D eigenvalue weighted by molar-refractivity contribution is -0.535. The third-order valence-corrected chi connectivity index (χ3v) is 2.54. The third-order valence-electron chi connectivity index (χ3n) is 2.54. The highest BCUT2D eigenvalue weighted by Crippen LogP contribution is 2.12. The zero-order valence-electron chi connectivity index (χ0n) is 9.26. The van der Waals surface area contributed by atoms with Crippen LogP contribution in [0.15, 0.2) is 0 Å². The van der Waals surface area contributed by atoms with Crippen LogP contribution in [-0.2, 0) is 0 Å². The first-order valence-corrected chi connectivity index (χ1v) is 5.55. The van der Waals surface area contributed by atoms with E-state index in [4.69, 9.17) is 5.11 Å². The summed E-state index contributed by atoms with van der Waals surface area (Å²) in [7, 11) is 0. The minimum absolute atomic E-state index is 0.177. The lowest BCUT2D eigenvalue weighted by Crippen LogP contribution is -2.33. The fraction of sp³-hybridized carbons (Fsp3) is 1.00. The average molecular weight is 219 g/mol. The molecule has 5 nitrogen and oxygen atoms in total. The maximum absolute atomic E-state index is 10.6. The number of hydrogen-bond acceptors (Lipinski definition) is 4. The van der Waals surface area contributed by atoms with Gasteiger partial charge in [0.1, 0.15) is 6.10 Å². The largest absolute Gasteiger partial charge is 0.396 e. The number of rotatable bonds is 9. The maximum Gasteiger partial charge on any atom is 0.238 e. The molecule has 0 aliphatic rings. The molecule has 0 fully saturated rings. The molecule has 0 aliphatic heterocycles. The summed E-state index contributed by atoms with van der Waals surface area (Å²) in [5.74, 6) is 0. The molecule has 0 aromatic heterocycles. The molecule has 0 bridgehead atoms. The Morgan fingerprint density at radius 3 is 2.33 bits per heavy atom. The van der Waals surface area contributed by atoms with E-state index in [1.54, 1.807) is 6.92 Å². The number of unbranched alkanes of at least 4 members (excludes halogenated alkanes) is 3. The molecule has 0 heterocycles. The van der Waals surface area contributed by atoms with E-state index in [2.05, 4.69) is 0 Å². The normalized spacial score (nSPS) is 14.9. The molecule has 0 spiro atoms. The zero-order chi connectivity index (χ0) is 11.7. The molecule has 0 amide bonds. The Labute approximate surface area is 90.3 Å². The van der Waals surface area contributed by atoms with E-state index in [1.807, 2.05) is 0 Å². The number of nitro groups is 1. The summed E-state index contributed by atoms with van der Waals surface area (Å²) in [6.45, 7) is 1.92. The Hall–Kier alpha value is -0.680. The molecule has 0 rings (SSSR count). The van der Waals surface area contributed by atoms with Crippen molar-refractivity contribution in [2.75, 3.05) is 6.61 Å². The SMILES string of the molecule is CC[C@@H](O)[C@H](CCCCCCO)[N+](=O)[O-]. The van der Waals surface area contributed by atoms with Crippen LogP contribution in [0.25, 0.3) is 0 Å². The van der Waals surface area contributed by atoms with Crippen LogP contribution in [0.1, 0.15) is 45.4 Å². The van der Waals surface area contributed by atoms with E-state index in [9.17, 15) is 15.2 Å². The van der Waals surface area contributed by atoms with Crippen molar-refractivity contribution < 1.29 is 15.1 Å². The predicted octanol–water partition coefficient (Wildman–Crippen LogP) is 1.35. The van der Waals surface area contributed by atoms with Crippen molar-refractivity contribution in [1.29, 1.82) is 0 Å². The molecule has 5 heteroatoms. The van der Waals surface area contributed by atoms with Crippen molar-refractivity contribution in [3.05, 3.63) is 10.1 Å². The highest BCUT2D eigenvalue weighted by molar-refractivity contribution is 4.66. The molecule has 0 aliphatic carbocycles. The van der Waals surface area contributed by atoms with Crippen LogP contribution in [0, 0.1) is 10.1 Å². The smallest absolute Gasteiger partial charge is 0.238 e. The molecule has 15 heavy (non-hydrogen) atoms. The topological polar surface area (TPSA) is 83.6 Å². The minimum Gasteiger partial charge on any atom is -0.396 e. The number of hydrogen-bond donors (Lipinski definition) is 2. The summed E-state index contributed by atoms with van der Waals surface area (Å²) < 4.78 is 0. The number of aliphatic hydroxyl groups is 2. The second kappa shape index (κ2) is 8.61. The first-order chi connectivity index (χ1) is 7.13. The second-order valence-corrected chi connectivity index (χ2v) is 3.75. The van der Waals surface area contributed by atoms with E-state index in [0.29, 0.717) is 12.8 Å². The monoisotopic (exact) mass is 219 g/mol. The lowest BCUT2D eigenvalue weighted by Gasteiger charge is -2.13. The summed E-state index contributed by atoms with van der Waals surface area (Å²) in [4.78, 5) is 10.2. The first-order valence-electron chi connectivity index (χ1n) is 5.55. The van der Waals surface area contributed by atoms with Crippen LogP contribution in [0.4, 0.5) is 0 Å². The van der Waals surface area contributed by atoms with Crippen LogP contribution in [0.3, 0.4) is 0 Å². The van der Waals surface area contributed by atoms with Crippen LogP contribution in [0.5, 0.6) is 0 Å². The molecular weight excluding hydrogens is 198 g/mol. The van der Waals surface area contributed by atoms with Gasteiger partial charge in [0.2, 0.25) is 6.04 Å². The van der Waals surface area contributed by atoms with E-state index in [-0.39, 0.29) is 11.5 Å². The van der Waals surface area contributed by atoms with Gasteiger partial charge >= 0.3 is 0 Å². The van der Waals surface area contributed by atoms with E-state index in [0.717, 1.165) is 25.7 Å². The van der Waals surface area contributed by atoms with Crippen molar-refractivity contribution in [2.45, 2.75) is 57.6 Å². The molecule has 0 radical (unpaired) electrons. The van der Waals surface area contributed by atoms with Gasteiger partial charge < -0.3 is 10.2 Å². The van der Waals surface area contributed by atoms with Crippen LogP contribution in [0.2, 0.25) is 0 Å². The molecule has 0 saturated heterocycles. The van der Waals surface area contributed by atoms with Gasteiger partial charge in [0.05, 0.1) is 0 Å². The van der Waals surface area contributed by atoms with Crippen LogP contribution in [-0.4, -0.2) is 33.9 Å². The highest BCUT2D eigenvalue weighted by Gasteiger charge is 2.27. The van der Waals surface area contributed by atoms with Gasteiger partial charge in [-0.3, -0.25) is 10.1 Å². The molecule has 0 unspecified atom stereocenters. The fourth-order valence-electron chi connectivity index (χ4n) is 1.53. The van der Waals surface area contributed by atoms with E-state index < -0.39 is 12.1 Å². The molecule has 2 N–H and O–H groups in total. The van der Waals surface area contributed by atoms with Crippen molar-refractivity contribution in [3.63, 3.8) is 0 Å². The van der Waals surface area contributed by atoms with Crippen molar-refractivity contribution in [1.82, 2.24) is 0 Å². The van der Waals surface area contributed by atoms with Crippen molar-refractivity contribution >= 4 is 0 Å². The van der Waals surface area contributed by atoms with Crippen LogP contribution < -0.4 is 0 Å². The number of aliphatic hydroxyl groups excluding tert-OH is 2. The summed E-state index contributed by atoms with van der Waals surface area (Å²) in [6.07, 6.45) is 3.26. The first kappa shape index (κ1) is 14.3. The Morgan fingerprint density at radius 1 is 1.27 bits per heavy atom. The van der Waals surface area contributed by atoms with Gasteiger partial charge in [-0.15, -0.1) is 0 Å². The van der Waals surface area contributed by atoms with Crippen molar-refractivity contribution in [2.24, 2.45) is 0 Å². The van der Waals surface area contributed by atoms with Gasteiger partial charge in [0.15, 0.2) is 0 Å². The minimum atomic E-state index is -0.835. The maximum atomic E-state index is 10.6. The Bertz CT molecular complexity index is 175. The molecule has 0 saturated carbocycles. The molecule has 0 aromatic rings. The Balaban J connectivity index is 3.72. The Morgan fingerprint density at radius 2 is 1.87 bits per heavy atom. The average Bonchev–Trinajstić information content (AvgIpc) is 2.22. The van der Waals surface area contributed by atoms with Gasteiger partial charge in [-0.2, -0.15) is 0 Å². The standard InChI is InChI=1S/C10H21NO4/c1-2-10(13)9(11(14)15)7-5-3-4-6-8-12/h9-10,12-13H,2-8H2,1H3/t9-,10+/m0/s1. The lowest BCUT2D eigenvalue weighted by atomic mass is 10.0. The summed E-state index contributed by atoms with van der Waals surface area (Å²) in [5, 5.41) is 28.6. The molecule has 2 atom stereocenters. The van der Waals surface area contributed by atoms with Crippen molar-refractivity contribution in [3.8, 4) is 0 Å². The summed E-state index contributed by atoms with van der Waals surface area (Å²) >= 11 is 0. The zero-order valence-corrected chi connectivity index (χ0v) is 9.26. The van der Waals surface area contributed by atoms with Gasteiger partial charge in [-0.1, -0.05) is 19.8 Å². The molecule has 90 valence electrons. The summed E-state index contributed by atoms with van der Waals surface area (Å²) in [5.41, 5.74) is 0. The fourth-order valence-corrected chi connectivity index (χ4v) is 1.53. The predicted molar refractivity (Wildman–Crippen MR) is 57.3 cm³/mol. The van der Waals surface area contributed by atoms with E-state index in [1.165, 1.54) is 0 Å². The third kappa shape index (κ3) is 6.41. The summed E-state index contributed by atoms with van der Waals surface area (Å²) in [6, 6.07) is -0.830. The molecular formula is C10H21NO4. The number of nitrogens with zero attached hydrogens (tertiary/aromatic N) is 1. The second-order valence-electron chi connectivity index (χ2n) is 3.75. The Kier molecular flexibility index (Phi) is 8.22. The van der Waals surface area contributed by atoms with Gasteiger partial charge in [-0.25, -0.2) is 0 Å². The van der Waals surface area contributed by atoms with Gasteiger partial charge in [-0.05, 0) is 19.3 Å².